The molecule has 2 aromatic rings. The molecule has 0 spiro atoms. The summed E-state index contributed by atoms with van der Waals surface area (Å²) in [5, 5.41) is 14.7. The molecule has 0 atom stereocenters. The van der Waals surface area contributed by atoms with Crippen LogP contribution in [0.15, 0.2) is 24.3 Å². The number of benzene rings is 1. The highest BCUT2D eigenvalue weighted by molar-refractivity contribution is 6.31. The molecule has 8 heteroatoms. The van der Waals surface area contributed by atoms with Crippen molar-refractivity contribution in [3.8, 4) is 0 Å². The molecule has 122 valence electrons. The van der Waals surface area contributed by atoms with Crippen molar-refractivity contribution in [2.24, 2.45) is 0 Å². The first-order valence-electron chi connectivity index (χ1n) is 7.02. The molecule has 0 saturated heterocycles. The lowest BCUT2D eigenvalue weighted by Crippen LogP contribution is -2.21. The van der Waals surface area contributed by atoms with Gasteiger partial charge in [-0.05, 0) is 30.5 Å². The van der Waals surface area contributed by atoms with Gasteiger partial charge in [-0.15, -0.1) is 0 Å². The van der Waals surface area contributed by atoms with Crippen LogP contribution in [0, 0.1) is 6.92 Å². The molecule has 0 aliphatic heterocycles. The van der Waals surface area contributed by atoms with Crippen molar-refractivity contribution in [1.29, 1.82) is 0 Å². The van der Waals surface area contributed by atoms with E-state index in [2.05, 4.69) is 20.6 Å². The van der Waals surface area contributed by atoms with Crippen LogP contribution < -0.4 is 16.1 Å². The van der Waals surface area contributed by atoms with Crippen LogP contribution in [-0.4, -0.2) is 21.2 Å². The van der Waals surface area contributed by atoms with E-state index in [0.29, 0.717) is 16.4 Å². The molecule has 4 N–H and O–H groups in total. The molecule has 0 saturated carbocycles. The first-order valence-corrected chi connectivity index (χ1v) is 7.40. The van der Waals surface area contributed by atoms with E-state index in [1.807, 2.05) is 32.3 Å². The van der Waals surface area contributed by atoms with Crippen LogP contribution in [0.2, 0.25) is 5.02 Å². The molecule has 0 bridgehead atoms. The second kappa shape index (κ2) is 7.26. The average Bonchev–Trinajstić information content (AvgIpc) is 2.50. The van der Waals surface area contributed by atoms with E-state index in [1.54, 1.807) is 18.2 Å². The molecule has 2 rings (SSSR count). The number of aryl methyl sites for hydroxylation is 1. The maximum Gasteiger partial charge on any atom is 0.326 e. The smallest absolute Gasteiger partial charge is 0.308 e. The zero-order valence-corrected chi connectivity index (χ0v) is 13.8. The van der Waals surface area contributed by atoms with E-state index >= 15 is 0 Å². The molecule has 2 amide bonds. The second-order valence-electron chi connectivity index (χ2n) is 5.31. The third-order valence-electron chi connectivity index (χ3n) is 3.11. The molecule has 0 aliphatic carbocycles. The number of aromatic nitrogens is 2. The molecule has 0 radical (unpaired) electrons. The molecule has 1 aromatic carbocycles. The lowest BCUT2D eigenvalue weighted by atomic mass is 10.1. The minimum absolute atomic E-state index is 0.0865. The zero-order chi connectivity index (χ0) is 17.0. The maximum atomic E-state index is 12.0. The van der Waals surface area contributed by atoms with E-state index in [9.17, 15) is 4.79 Å². The first-order chi connectivity index (χ1) is 10.9. The van der Waals surface area contributed by atoms with Crippen LogP contribution in [0.25, 0.3) is 0 Å². The van der Waals surface area contributed by atoms with Crippen LogP contribution >= 0.6 is 11.6 Å². The van der Waals surface area contributed by atoms with E-state index in [4.69, 9.17) is 16.8 Å². The normalized spacial score (nSPS) is 10.5. The summed E-state index contributed by atoms with van der Waals surface area (Å²) >= 11 is 6.02. The summed E-state index contributed by atoms with van der Waals surface area (Å²) in [4.78, 5) is 20.2. The number of urea groups is 1. The van der Waals surface area contributed by atoms with Gasteiger partial charge in [0.05, 0.1) is 5.69 Å². The second-order valence-corrected chi connectivity index (χ2v) is 5.72. The Morgan fingerprint density at radius 1 is 1.22 bits per heavy atom. The molecule has 0 fully saturated rings. The molecule has 23 heavy (non-hydrogen) atoms. The number of nitrogens with zero attached hydrogens (tertiary/aromatic N) is 2. The molecule has 0 aliphatic rings. The summed E-state index contributed by atoms with van der Waals surface area (Å²) in [6, 6.07) is 6.31. The Labute approximate surface area is 139 Å². The lowest BCUT2D eigenvalue weighted by molar-refractivity contribution is 0.262. The lowest BCUT2D eigenvalue weighted by Gasteiger charge is -2.11. The molecular formula is C15H18ClN5O2. The van der Waals surface area contributed by atoms with Gasteiger partial charge in [0.1, 0.15) is 0 Å². The largest absolute Gasteiger partial charge is 0.326 e. The third-order valence-corrected chi connectivity index (χ3v) is 3.51. The molecular weight excluding hydrogens is 318 g/mol. The highest BCUT2D eigenvalue weighted by Crippen LogP contribution is 2.20. The monoisotopic (exact) mass is 335 g/mol. The van der Waals surface area contributed by atoms with Crippen molar-refractivity contribution in [1.82, 2.24) is 9.97 Å². The molecule has 0 unspecified atom stereocenters. The van der Waals surface area contributed by atoms with Gasteiger partial charge in [0, 0.05) is 16.8 Å². The number of carbonyl (C=O) groups is 1. The standard InChI is InChI=1S/C15H18ClN5O2/c1-8(2)12-7-13(21-23)19-14(18-12)20-15(22)17-10-5-4-9(3)11(16)6-10/h4-8,23H,1-3H3,(H3,17,18,19,20,21,22). The Hall–Kier alpha value is -2.38. The number of rotatable bonds is 4. The maximum absolute atomic E-state index is 12.0. The van der Waals surface area contributed by atoms with Gasteiger partial charge in [0.25, 0.3) is 0 Å². The minimum Gasteiger partial charge on any atom is -0.308 e. The van der Waals surface area contributed by atoms with Crippen LogP contribution in [0.4, 0.5) is 22.2 Å². The Bertz CT molecular complexity index is 721. The van der Waals surface area contributed by atoms with Crippen molar-refractivity contribution < 1.29 is 10.0 Å². The fourth-order valence-electron chi connectivity index (χ4n) is 1.81. The summed E-state index contributed by atoms with van der Waals surface area (Å²) in [6.45, 7) is 5.77. The summed E-state index contributed by atoms with van der Waals surface area (Å²) in [5.74, 6) is 0.408. The van der Waals surface area contributed by atoms with Crippen molar-refractivity contribution in [2.45, 2.75) is 26.7 Å². The van der Waals surface area contributed by atoms with Crippen LogP contribution in [0.3, 0.4) is 0 Å². The van der Waals surface area contributed by atoms with Gasteiger partial charge in [-0.3, -0.25) is 16.0 Å². The Balaban J connectivity index is 2.13. The average molecular weight is 336 g/mol. The number of carbonyl (C=O) groups excluding carboxylic acids is 1. The van der Waals surface area contributed by atoms with E-state index in [1.165, 1.54) is 0 Å². The van der Waals surface area contributed by atoms with Crippen LogP contribution in [0.1, 0.15) is 31.0 Å². The fourth-order valence-corrected chi connectivity index (χ4v) is 1.99. The summed E-state index contributed by atoms with van der Waals surface area (Å²) < 4.78 is 0. The van der Waals surface area contributed by atoms with Crippen molar-refractivity contribution in [3.63, 3.8) is 0 Å². The number of hydrogen-bond donors (Lipinski definition) is 4. The van der Waals surface area contributed by atoms with Gasteiger partial charge in [0.15, 0.2) is 5.82 Å². The van der Waals surface area contributed by atoms with Crippen molar-refractivity contribution in [3.05, 3.63) is 40.5 Å². The van der Waals surface area contributed by atoms with Gasteiger partial charge >= 0.3 is 6.03 Å². The topological polar surface area (TPSA) is 99.2 Å². The SMILES string of the molecule is Cc1ccc(NC(=O)Nc2nc(NO)cc(C(C)C)n2)cc1Cl. The zero-order valence-electron chi connectivity index (χ0n) is 13.0. The van der Waals surface area contributed by atoms with E-state index < -0.39 is 6.03 Å². The van der Waals surface area contributed by atoms with Gasteiger partial charge in [-0.1, -0.05) is 31.5 Å². The Morgan fingerprint density at radius 3 is 2.57 bits per heavy atom. The fraction of sp³-hybridized carbons (Fsp3) is 0.267. The highest BCUT2D eigenvalue weighted by atomic mass is 35.5. The van der Waals surface area contributed by atoms with E-state index in [0.717, 1.165) is 5.56 Å². The van der Waals surface area contributed by atoms with Gasteiger partial charge in [-0.2, -0.15) is 4.98 Å². The molecule has 1 heterocycles. The van der Waals surface area contributed by atoms with Crippen LogP contribution in [-0.2, 0) is 0 Å². The Morgan fingerprint density at radius 2 is 1.96 bits per heavy atom. The Kier molecular flexibility index (Phi) is 5.36. The third kappa shape index (κ3) is 4.54. The number of nitrogens with one attached hydrogen (secondary N) is 3. The number of hydrogen-bond acceptors (Lipinski definition) is 5. The molecule has 1 aromatic heterocycles. The van der Waals surface area contributed by atoms with Crippen molar-refractivity contribution in [2.75, 3.05) is 16.1 Å². The van der Waals surface area contributed by atoms with E-state index in [-0.39, 0.29) is 17.7 Å². The summed E-state index contributed by atoms with van der Waals surface area (Å²) in [5.41, 5.74) is 4.12. The number of halogens is 1. The number of amides is 2. The van der Waals surface area contributed by atoms with Gasteiger partial charge in [-0.25, -0.2) is 9.78 Å². The van der Waals surface area contributed by atoms with Crippen LogP contribution in [0.5, 0.6) is 0 Å². The highest BCUT2D eigenvalue weighted by Gasteiger charge is 2.11. The van der Waals surface area contributed by atoms with Crippen molar-refractivity contribution >= 4 is 35.1 Å². The predicted octanol–water partition coefficient (Wildman–Crippen LogP) is 4.01. The minimum atomic E-state index is -0.505. The van der Waals surface area contributed by atoms with Gasteiger partial charge < -0.3 is 5.32 Å². The molecule has 7 nitrogen and oxygen atoms in total. The summed E-state index contributed by atoms with van der Waals surface area (Å²) in [6.07, 6.45) is 0. The summed E-state index contributed by atoms with van der Waals surface area (Å²) in [7, 11) is 0. The quantitative estimate of drug-likeness (QED) is 0.633. The van der Waals surface area contributed by atoms with Gasteiger partial charge in [0.2, 0.25) is 5.95 Å². The first kappa shape index (κ1) is 17.0. The predicted molar refractivity (Wildman–Crippen MR) is 90.4 cm³/mol. The number of anilines is 3.